The highest BCUT2D eigenvalue weighted by molar-refractivity contribution is 8.00. The molecule has 3 rings (SSSR count). The van der Waals surface area contributed by atoms with Crippen LogP contribution in [0.5, 0.6) is 0 Å². The van der Waals surface area contributed by atoms with Crippen LogP contribution in [0.4, 0.5) is 5.69 Å². The van der Waals surface area contributed by atoms with Gasteiger partial charge in [0.2, 0.25) is 15.9 Å². The number of nitrogens with one attached hydrogen (secondary N) is 2. The number of fused-ring (bicyclic) bond motifs is 1. The van der Waals surface area contributed by atoms with Crippen LogP contribution in [0, 0.1) is 20.8 Å². The molecule has 3 aromatic rings. The zero-order valence-corrected chi connectivity index (χ0v) is 20.3. The first kappa shape index (κ1) is 23.9. The van der Waals surface area contributed by atoms with Crippen LogP contribution < -0.4 is 10.9 Å². The third kappa shape index (κ3) is 4.84. The van der Waals surface area contributed by atoms with Gasteiger partial charge in [0, 0.05) is 25.5 Å². The Morgan fingerprint density at radius 3 is 2.47 bits per heavy atom. The predicted molar refractivity (Wildman–Crippen MR) is 126 cm³/mol. The molecule has 170 valence electrons. The summed E-state index contributed by atoms with van der Waals surface area (Å²) in [5.74, 6) is -0.353. The number of thioether (sulfide) groups is 1. The summed E-state index contributed by atoms with van der Waals surface area (Å²) in [6, 6.07) is 6.39. The van der Waals surface area contributed by atoms with Gasteiger partial charge in [-0.15, -0.1) is 0 Å². The number of anilines is 1. The molecule has 0 aliphatic carbocycles. The SMILES string of the molecule is Cc1cc(C)c2c(=O)[nH]c(S[C@H](C)C(=O)Nc3cc(S(=O)(=O)N(C)C)ccc3C)nc2n1. The van der Waals surface area contributed by atoms with E-state index in [1.54, 1.807) is 19.9 Å². The number of aryl methyl sites for hydroxylation is 3. The van der Waals surface area contributed by atoms with E-state index in [0.717, 1.165) is 32.9 Å². The molecule has 0 saturated heterocycles. The van der Waals surface area contributed by atoms with Crippen molar-refractivity contribution >= 4 is 44.4 Å². The number of benzene rings is 1. The van der Waals surface area contributed by atoms with Crippen LogP contribution in [0.15, 0.2) is 39.1 Å². The molecule has 0 aliphatic heterocycles. The van der Waals surface area contributed by atoms with Gasteiger partial charge in [0.1, 0.15) is 0 Å². The van der Waals surface area contributed by atoms with Gasteiger partial charge >= 0.3 is 0 Å². The molecular weight excluding hydrogens is 450 g/mol. The molecule has 11 heteroatoms. The number of hydrogen-bond acceptors (Lipinski definition) is 7. The lowest BCUT2D eigenvalue weighted by Crippen LogP contribution is -2.25. The van der Waals surface area contributed by atoms with Gasteiger partial charge in [0.05, 0.1) is 15.5 Å². The molecule has 0 bridgehead atoms. The van der Waals surface area contributed by atoms with Crippen LogP contribution in [-0.4, -0.2) is 52.9 Å². The highest BCUT2D eigenvalue weighted by Crippen LogP contribution is 2.25. The molecule has 0 aliphatic rings. The van der Waals surface area contributed by atoms with Crippen molar-refractivity contribution in [2.24, 2.45) is 0 Å². The van der Waals surface area contributed by atoms with E-state index in [2.05, 4.69) is 20.3 Å². The Balaban J connectivity index is 1.84. The first-order chi connectivity index (χ1) is 14.9. The summed E-state index contributed by atoms with van der Waals surface area (Å²) in [5, 5.41) is 2.86. The number of carbonyl (C=O) groups is 1. The Morgan fingerprint density at radius 1 is 1.12 bits per heavy atom. The Bertz CT molecular complexity index is 1370. The van der Waals surface area contributed by atoms with E-state index >= 15 is 0 Å². The maximum atomic E-state index is 12.8. The van der Waals surface area contributed by atoms with Gasteiger partial charge in [-0.3, -0.25) is 9.59 Å². The van der Waals surface area contributed by atoms with Crippen molar-refractivity contribution in [3.05, 3.63) is 51.4 Å². The fourth-order valence-electron chi connectivity index (χ4n) is 3.08. The predicted octanol–water partition coefficient (Wildman–Crippen LogP) is 2.61. The van der Waals surface area contributed by atoms with E-state index in [4.69, 9.17) is 0 Å². The van der Waals surface area contributed by atoms with Gasteiger partial charge in [-0.2, -0.15) is 0 Å². The van der Waals surface area contributed by atoms with E-state index < -0.39 is 15.3 Å². The zero-order chi connectivity index (χ0) is 23.8. The Labute approximate surface area is 190 Å². The maximum Gasteiger partial charge on any atom is 0.261 e. The standard InChI is InChI=1S/C21H25N5O4S2/c1-11-7-8-15(32(29,30)26(5)6)10-16(11)23-19(27)14(4)31-21-24-18-17(20(28)25-21)12(2)9-13(3)22-18/h7-10,14H,1-6H3,(H,23,27)(H,22,24,25,28)/t14-/m1/s1. The first-order valence-electron chi connectivity index (χ1n) is 9.79. The topological polar surface area (TPSA) is 125 Å². The smallest absolute Gasteiger partial charge is 0.261 e. The Kier molecular flexibility index (Phi) is 6.72. The molecule has 0 radical (unpaired) electrons. The minimum absolute atomic E-state index is 0.0843. The third-order valence-electron chi connectivity index (χ3n) is 4.88. The van der Waals surface area contributed by atoms with Crippen molar-refractivity contribution in [2.75, 3.05) is 19.4 Å². The van der Waals surface area contributed by atoms with E-state index in [0.29, 0.717) is 16.7 Å². The van der Waals surface area contributed by atoms with Gasteiger partial charge < -0.3 is 10.3 Å². The van der Waals surface area contributed by atoms with Crippen LogP contribution in [0.1, 0.15) is 23.7 Å². The molecule has 32 heavy (non-hydrogen) atoms. The minimum atomic E-state index is -3.63. The lowest BCUT2D eigenvalue weighted by atomic mass is 10.2. The number of pyridine rings is 1. The fraction of sp³-hybridized carbons (Fsp3) is 0.333. The maximum absolute atomic E-state index is 12.8. The van der Waals surface area contributed by atoms with Crippen molar-refractivity contribution < 1.29 is 13.2 Å². The number of carbonyl (C=O) groups excluding carboxylic acids is 1. The van der Waals surface area contributed by atoms with E-state index in [1.165, 1.54) is 26.2 Å². The number of H-pyrrole nitrogens is 1. The minimum Gasteiger partial charge on any atom is -0.325 e. The van der Waals surface area contributed by atoms with Crippen molar-refractivity contribution in [1.29, 1.82) is 0 Å². The summed E-state index contributed by atoms with van der Waals surface area (Å²) >= 11 is 1.09. The summed E-state index contributed by atoms with van der Waals surface area (Å²) in [6.45, 7) is 7.10. The molecule has 1 aromatic carbocycles. The quantitative estimate of drug-likeness (QED) is 0.415. The fourth-order valence-corrected chi connectivity index (χ4v) is 4.80. The highest BCUT2D eigenvalue weighted by atomic mass is 32.2. The first-order valence-corrected chi connectivity index (χ1v) is 12.1. The molecular formula is C21H25N5O4S2. The molecule has 1 atom stereocenters. The molecule has 2 aromatic heterocycles. The van der Waals surface area contributed by atoms with Crippen LogP contribution in [0.25, 0.3) is 11.0 Å². The van der Waals surface area contributed by atoms with Crippen LogP contribution in [0.2, 0.25) is 0 Å². The lowest BCUT2D eigenvalue weighted by Gasteiger charge is -2.16. The summed E-state index contributed by atoms with van der Waals surface area (Å²) in [4.78, 5) is 36.8. The molecule has 2 N–H and O–H groups in total. The molecule has 2 heterocycles. The number of sulfonamides is 1. The van der Waals surface area contributed by atoms with Crippen molar-refractivity contribution in [2.45, 2.75) is 43.0 Å². The summed E-state index contributed by atoms with van der Waals surface area (Å²) in [5.41, 5.74) is 2.68. The average Bonchev–Trinajstić information content (AvgIpc) is 2.68. The normalized spacial score (nSPS) is 12.8. The average molecular weight is 476 g/mol. The van der Waals surface area contributed by atoms with Gasteiger partial charge in [-0.25, -0.2) is 22.7 Å². The number of rotatable bonds is 6. The van der Waals surface area contributed by atoms with Gasteiger partial charge in [0.25, 0.3) is 5.56 Å². The van der Waals surface area contributed by atoms with Crippen LogP contribution >= 0.6 is 11.8 Å². The number of nitrogens with zero attached hydrogens (tertiary/aromatic N) is 3. The molecule has 1 amide bonds. The van der Waals surface area contributed by atoms with E-state index in [9.17, 15) is 18.0 Å². The summed E-state index contributed by atoms with van der Waals surface area (Å²) in [7, 11) is -0.742. The molecule has 9 nitrogen and oxygen atoms in total. The largest absolute Gasteiger partial charge is 0.325 e. The van der Waals surface area contributed by atoms with Crippen molar-refractivity contribution in [1.82, 2.24) is 19.3 Å². The molecule has 0 spiro atoms. The third-order valence-corrected chi connectivity index (χ3v) is 7.68. The van der Waals surface area contributed by atoms with Crippen LogP contribution in [-0.2, 0) is 14.8 Å². The van der Waals surface area contributed by atoms with E-state index in [-0.39, 0.29) is 21.5 Å². The van der Waals surface area contributed by atoms with Crippen LogP contribution in [0.3, 0.4) is 0 Å². The second kappa shape index (κ2) is 9.00. The molecule has 0 saturated carbocycles. The second-order valence-corrected chi connectivity index (χ2v) is 11.1. The number of aromatic amines is 1. The summed E-state index contributed by atoms with van der Waals surface area (Å²) in [6.07, 6.45) is 0. The second-order valence-electron chi connectivity index (χ2n) is 7.66. The lowest BCUT2D eigenvalue weighted by molar-refractivity contribution is -0.115. The zero-order valence-electron chi connectivity index (χ0n) is 18.7. The van der Waals surface area contributed by atoms with Crippen molar-refractivity contribution in [3.8, 4) is 0 Å². The van der Waals surface area contributed by atoms with Gasteiger partial charge in [-0.05, 0) is 57.0 Å². The van der Waals surface area contributed by atoms with Gasteiger partial charge in [-0.1, -0.05) is 17.8 Å². The van der Waals surface area contributed by atoms with E-state index in [1.807, 2.05) is 19.9 Å². The van der Waals surface area contributed by atoms with Gasteiger partial charge in [0.15, 0.2) is 10.8 Å². The highest BCUT2D eigenvalue weighted by Gasteiger charge is 2.21. The molecule has 0 fully saturated rings. The number of aromatic nitrogens is 3. The Morgan fingerprint density at radius 2 is 1.81 bits per heavy atom. The Hall–Kier alpha value is -2.76. The molecule has 0 unspecified atom stereocenters. The summed E-state index contributed by atoms with van der Waals surface area (Å²) < 4.78 is 25.9. The number of amides is 1. The van der Waals surface area contributed by atoms with Crippen molar-refractivity contribution in [3.63, 3.8) is 0 Å². The monoisotopic (exact) mass is 475 g/mol. The number of hydrogen-bond donors (Lipinski definition) is 2.